The van der Waals surface area contributed by atoms with Gasteiger partial charge in [-0.2, -0.15) is 5.10 Å². The number of hydrogen-bond donors (Lipinski definition) is 2. The van der Waals surface area contributed by atoms with E-state index < -0.39 is 0 Å². The molecular weight excluding hydrogens is 394 g/mol. The smallest absolute Gasteiger partial charge is 0.156 e. The minimum Gasteiger partial charge on any atom is -0.383 e. The van der Waals surface area contributed by atoms with Gasteiger partial charge in [-0.3, -0.25) is 4.98 Å². The van der Waals surface area contributed by atoms with Gasteiger partial charge in [0, 0.05) is 53.2 Å². The molecule has 0 aliphatic carbocycles. The highest BCUT2D eigenvalue weighted by Gasteiger charge is 2.10. The van der Waals surface area contributed by atoms with Gasteiger partial charge in [0.25, 0.3) is 0 Å². The lowest BCUT2D eigenvalue weighted by Crippen LogP contribution is -2.15. The summed E-state index contributed by atoms with van der Waals surface area (Å²) in [6.45, 7) is 3.53. The molecule has 32 heavy (non-hydrogen) atoms. The Morgan fingerprint density at radius 2 is 1.47 bits per heavy atom. The molecule has 0 fully saturated rings. The third-order valence-corrected chi connectivity index (χ3v) is 5.62. The second kappa shape index (κ2) is 9.02. The van der Waals surface area contributed by atoms with Crippen molar-refractivity contribution in [2.24, 2.45) is 0 Å². The van der Waals surface area contributed by atoms with Crippen LogP contribution in [0.15, 0.2) is 85.1 Å². The molecule has 0 aliphatic heterocycles. The fraction of sp³-hybridized carbons (Fsp3) is 0.148. The van der Waals surface area contributed by atoms with Gasteiger partial charge in [0.2, 0.25) is 0 Å². The van der Waals surface area contributed by atoms with Gasteiger partial charge in [0.15, 0.2) is 5.82 Å². The number of aryl methyl sites for hydroxylation is 1. The van der Waals surface area contributed by atoms with Crippen LogP contribution in [-0.2, 0) is 6.42 Å². The van der Waals surface area contributed by atoms with Gasteiger partial charge < -0.3 is 10.6 Å². The number of aromatic nitrogens is 3. The molecule has 158 valence electrons. The number of rotatable bonds is 7. The number of hydrogen-bond acceptors (Lipinski definition) is 5. The molecule has 0 spiro atoms. The molecular formula is C27H25N5. The Bertz CT molecular complexity index is 1370. The summed E-state index contributed by atoms with van der Waals surface area (Å²) in [6, 6.07) is 27.2. The summed E-state index contributed by atoms with van der Waals surface area (Å²) in [6.07, 6.45) is 2.58. The summed E-state index contributed by atoms with van der Waals surface area (Å²) in [5.74, 6) is 0.815. The maximum absolute atomic E-state index is 4.56. The highest BCUT2D eigenvalue weighted by molar-refractivity contribution is 5.94. The molecule has 0 bridgehead atoms. The largest absolute Gasteiger partial charge is 0.383 e. The van der Waals surface area contributed by atoms with Crippen LogP contribution in [0.5, 0.6) is 0 Å². The van der Waals surface area contributed by atoms with Gasteiger partial charge in [-0.25, -0.2) is 0 Å². The normalized spacial score (nSPS) is 11.0. The lowest BCUT2D eigenvalue weighted by Gasteiger charge is -2.13. The zero-order valence-electron chi connectivity index (χ0n) is 18.0. The Kier molecular flexibility index (Phi) is 5.62. The van der Waals surface area contributed by atoms with Crippen molar-refractivity contribution in [1.29, 1.82) is 0 Å². The van der Waals surface area contributed by atoms with Crippen LogP contribution < -0.4 is 10.6 Å². The number of nitrogens with one attached hydrogen (secondary N) is 2. The molecule has 5 aromatic rings. The third-order valence-electron chi connectivity index (χ3n) is 5.62. The van der Waals surface area contributed by atoms with Crippen LogP contribution in [0.3, 0.4) is 0 Å². The third kappa shape index (κ3) is 4.23. The number of anilines is 2. The first kappa shape index (κ1) is 19.9. The monoisotopic (exact) mass is 419 g/mol. The maximum Gasteiger partial charge on any atom is 0.156 e. The maximum atomic E-state index is 4.56. The summed E-state index contributed by atoms with van der Waals surface area (Å²) in [5.41, 5.74) is 4.32. The summed E-state index contributed by atoms with van der Waals surface area (Å²) >= 11 is 0. The topological polar surface area (TPSA) is 62.7 Å². The van der Waals surface area contributed by atoms with Crippen molar-refractivity contribution in [2.45, 2.75) is 13.3 Å². The van der Waals surface area contributed by atoms with E-state index in [1.807, 2.05) is 25.3 Å². The first-order valence-corrected chi connectivity index (χ1v) is 10.9. The van der Waals surface area contributed by atoms with Crippen LogP contribution in [0, 0.1) is 6.92 Å². The van der Waals surface area contributed by atoms with Crippen molar-refractivity contribution in [2.75, 3.05) is 23.7 Å². The fourth-order valence-electron chi connectivity index (χ4n) is 4.09. The average molecular weight is 420 g/mol. The second-order valence-electron chi connectivity index (χ2n) is 7.90. The highest BCUT2D eigenvalue weighted by Crippen LogP contribution is 2.25. The van der Waals surface area contributed by atoms with Crippen molar-refractivity contribution in [3.63, 3.8) is 0 Å². The van der Waals surface area contributed by atoms with Crippen LogP contribution in [0.4, 0.5) is 11.5 Å². The molecule has 5 rings (SSSR count). The molecule has 0 atom stereocenters. The molecule has 2 N–H and O–H groups in total. The molecule has 0 amide bonds. The van der Waals surface area contributed by atoms with Crippen molar-refractivity contribution >= 4 is 33.1 Å². The molecule has 5 nitrogen and oxygen atoms in total. The lowest BCUT2D eigenvalue weighted by atomic mass is 10.0. The van der Waals surface area contributed by atoms with E-state index in [1.165, 1.54) is 16.3 Å². The number of pyridine rings is 1. The van der Waals surface area contributed by atoms with Gasteiger partial charge >= 0.3 is 0 Å². The number of fused-ring (bicyclic) bond motifs is 2. The van der Waals surface area contributed by atoms with Crippen molar-refractivity contribution in [1.82, 2.24) is 15.2 Å². The van der Waals surface area contributed by atoms with Crippen molar-refractivity contribution in [3.05, 3.63) is 102 Å². The Hall–Kier alpha value is -3.99. The molecule has 3 aromatic carbocycles. The molecule has 0 saturated heterocycles. The minimum absolute atomic E-state index is 0.736. The molecule has 0 aliphatic rings. The Morgan fingerprint density at radius 1 is 0.719 bits per heavy atom. The standard InChI is InChI=1S/C27H25N5/c1-19-17-20(13-14-28-19)18-26-23-10-4-5-11-24(23)27(32-31-26)30-16-15-29-25-12-6-8-21-7-2-3-9-22(21)25/h2-14,17,29H,15-16,18H2,1H3,(H,30,32). The zero-order valence-corrected chi connectivity index (χ0v) is 18.0. The van der Waals surface area contributed by atoms with Gasteiger partial charge in [0.05, 0.1) is 5.69 Å². The first-order chi connectivity index (χ1) is 15.8. The zero-order chi connectivity index (χ0) is 21.8. The molecule has 2 heterocycles. The van der Waals surface area contributed by atoms with Crippen LogP contribution in [0.1, 0.15) is 17.0 Å². The van der Waals surface area contributed by atoms with Gasteiger partial charge in [-0.05, 0) is 36.1 Å². The van der Waals surface area contributed by atoms with E-state index >= 15 is 0 Å². The van der Waals surface area contributed by atoms with Crippen LogP contribution in [0.2, 0.25) is 0 Å². The Balaban J connectivity index is 1.30. The summed E-state index contributed by atoms with van der Waals surface area (Å²) < 4.78 is 0. The minimum atomic E-state index is 0.736. The summed E-state index contributed by atoms with van der Waals surface area (Å²) in [4.78, 5) is 4.29. The molecule has 2 aromatic heterocycles. The quantitative estimate of drug-likeness (QED) is 0.336. The lowest BCUT2D eigenvalue weighted by molar-refractivity contribution is 0.943. The van der Waals surface area contributed by atoms with E-state index in [1.54, 1.807) is 0 Å². The summed E-state index contributed by atoms with van der Waals surface area (Å²) in [7, 11) is 0. The van der Waals surface area contributed by atoms with E-state index in [2.05, 4.69) is 92.5 Å². The van der Waals surface area contributed by atoms with Gasteiger partial charge in [0.1, 0.15) is 0 Å². The predicted octanol–water partition coefficient (Wildman–Crippen LogP) is 5.60. The van der Waals surface area contributed by atoms with E-state index in [0.717, 1.165) is 53.2 Å². The molecule has 0 unspecified atom stereocenters. The van der Waals surface area contributed by atoms with E-state index in [9.17, 15) is 0 Å². The highest BCUT2D eigenvalue weighted by atomic mass is 15.2. The summed E-state index contributed by atoms with van der Waals surface area (Å²) in [5, 5.41) is 20.8. The molecule has 5 heteroatoms. The Morgan fingerprint density at radius 3 is 2.34 bits per heavy atom. The average Bonchev–Trinajstić information content (AvgIpc) is 2.83. The van der Waals surface area contributed by atoms with Crippen molar-refractivity contribution in [3.8, 4) is 0 Å². The molecule has 0 radical (unpaired) electrons. The first-order valence-electron chi connectivity index (χ1n) is 10.9. The van der Waals surface area contributed by atoms with E-state index in [-0.39, 0.29) is 0 Å². The van der Waals surface area contributed by atoms with Crippen LogP contribution in [-0.4, -0.2) is 28.3 Å². The van der Waals surface area contributed by atoms with E-state index in [4.69, 9.17) is 0 Å². The van der Waals surface area contributed by atoms with E-state index in [0.29, 0.717) is 0 Å². The SMILES string of the molecule is Cc1cc(Cc2nnc(NCCNc3cccc4ccccc34)c3ccccc23)ccn1. The van der Waals surface area contributed by atoms with Crippen LogP contribution >= 0.6 is 0 Å². The number of benzene rings is 3. The second-order valence-corrected chi connectivity index (χ2v) is 7.90. The molecule has 0 saturated carbocycles. The Labute approximate surface area is 187 Å². The number of nitrogens with zero attached hydrogens (tertiary/aromatic N) is 3. The van der Waals surface area contributed by atoms with Gasteiger partial charge in [-0.1, -0.05) is 60.7 Å². The van der Waals surface area contributed by atoms with Gasteiger partial charge in [-0.15, -0.1) is 5.10 Å². The van der Waals surface area contributed by atoms with Crippen LogP contribution in [0.25, 0.3) is 21.5 Å². The fourth-order valence-corrected chi connectivity index (χ4v) is 4.09. The predicted molar refractivity (Wildman–Crippen MR) is 132 cm³/mol. The van der Waals surface area contributed by atoms with Crippen molar-refractivity contribution < 1.29 is 0 Å².